The molecule has 0 aromatic heterocycles. The van der Waals surface area contributed by atoms with E-state index in [4.69, 9.17) is 4.74 Å². The van der Waals surface area contributed by atoms with Crippen LogP contribution >= 0.6 is 0 Å². The molecule has 2 aromatic rings. The van der Waals surface area contributed by atoms with Gasteiger partial charge < -0.3 is 9.84 Å². The third-order valence-corrected chi connectivity index (χ3v) is 4.50. The molecule has 0 aliphatic rings. The van der Waals surface area contributed by atoms with Gasteiger partial charge in [-0.15, -0.1) is 0 Å². The van der Waals surface area contributed by atoms with Gasteiger partial charge in [-0.3, -0.25) is 0 Å². The molecule has 0 saturated heterocycles. The number of rotatable bonds is 7. The predicted molar refractivity (Wildman–Crippen MR) is 85.0 cm³/mol. The number of hydrogen-bond donors (Lipinski definition) is 2. The Morgan fingerprint density at radius 3 is 2.48 bits per heavy atom. The third kappa shape index (κ3) is 4.30. The van der Waals surface area contributed by atoms with Gasteiger partial charge in [0.2, 0.25) is 10.0 Å². The van der Waals surface area contributed by atoms with Crippen molar-refractivity contribution in [2.24, 2.45) is 0 Å². The summed E-state index contributed by atoms with van der Waals surface area (Å²) in [6.45, 7) is 2.13. The number of carbonyl (C=O) groups is 1. The minimum Gasteiger partial charge on any atom is -0.493 e. The number of hydrogen-bond acceptors (Lipinski definition) is 4. The van der Waals surface area contributed by atoms with Crippen LogP contribution in [0.3, 0.4) is 0 Å². The third-order valence-electron chi connectivity index (χ3n) is 3.10. The van der Waals surface area contributed by atoms with E-state index < -0.39 is 16.0 Å². The topological polar surface area (TPSA) is 92.7 Å². The summed E-state index contributed by atoms with van der Waals surface area (Å²) in [7, 11) is -3.82. The fourth-order valence-electron chi connectivity index (χ4n) is 1.98. The monoisotopic (exact) mass is 335 g/mol. The van der Waals surface area contributed by atoms with Crippen molar-refractivity contribution in [2.45, 2.75) is 18.4 Å². The average molecular weight is 335 g/mol. The molecule has 0 aliphatic carbocycles. The Balaban J connectivity index is 2.25. The molecule has 0 atom stereocenters. The highest BCUT2D eigenvalue weighted by Gasteiger charge is 2.19. The SMILES string of the molecule is CCOc1ccc(S(=O)(=O)NCc2ccccc2)cc1C(=O)O. The molecule has 6 nitrogen and oxygen atoms in total. The van der Waals surface area contributed by atoms with Gasteiger partial charge >= 0.3 is 5.97 Å². The van der Waals surface area contributed by atoms with Gasteiger partial charge in [-0.1, -0.05) is 30.3 Å². The summed E-state index contributed by atoms with van der Waals surface area (Å²) in [5.41, 5.74) is 0.620. The van der Waals surface area contributed by atoms with Crippen LogP contribution in [0.15, 0.2) is 53.4 Å². The van der Waals surface area contributed by atoms with Crippen LogP contribution in [0.25, 0.3) is 0 Å². The van der Waals surface area contributed by atoms with E-state index in [9.17, 15) is 18.3 Å². The van der Waals surface area contributed by atoms with Gasteiger partial charge in [0.15, 0.2) is 0 Å². The normalized spacial score (nSPS) is 11.2. The first-order valence-electron chi connectivity index (χ1n) is 6.98. The largest absolute Gasteiger partial charge is 0.493 e. The lowest BCUT2D eigenvalue weighted by Gasteiger charge is -2.11. The van der Waals surface area contributed by atoms with Gasteiger partial charge in [0.25, 0.3) is 0 Å². The molecule has 2 N–H and O–H groups in total. The summed E-state index contributed by atoms with van der Waals surface area (Å²) in [5.74, 6) is -1.10. The van der Waals surface area contributed by atoms with Crippen molar-refractivity contribution in [3.63, 3.8) is 0 Å². The molecule has 0 saturated carbocycles. The van der Waals surface area contributed by atoms with Crippen molar-refractivity contribution in [3.8, 4) is 5.75 Å². The van der Waals surface area contributed by atoms with Gasteiger partial charge in [0.05, 0.1) is 11.5 Å². The summed E-state index contributed by atoms with van der Waals surface area (Å²) < 4.78 is 32.3. The molecule has 23 heavy (non-hydrogen) atoms. The van der Waals surface area contributed by atoms with Gasteiger partial charge in [-0.2, -0.15) is 0 Å². The minimum atomic E-state index is -3.82. The lowest BCUT2D eigenvalue weighted by atomic mass is 10.2. The fraction of sp³-hybridized carbons (Fsp3) is 0.188. The highest BCUT2D eigenvalue weighted by Crippen LogP contribution is 2.23. The van der Waals surface area contributed by atoms with E-state index in [1.807, 2.05) is 18.2 Å². The number of aromatic carboxylic acids is 1. The van der Waals surface area contributed by atoms with E-state index in [1.165, 1.54) is 12.1 Å². The Morgan fingerprint density at radius 1 is 1.17 bits per heavy atom. The predicted octanol–water partition coefficient (Wildman–Crippen LogP) is 2.26. The number of benzene rings is 2. The smallest absolute Gasteiger partial charge is 0.339 e. The lowest BCUT2D eigenvalue weighted by Crippen LogP contribution is -2.23. The van der Waals surface area contributed by atoms with E-state index >= 15 is 0 Å². The second-order valence-electron chi connectivity index (χ2n) is 4.71. The van der Waals surface area contributed by atoms with Crippen LogP contribution in [0.2, 0.25) is 0 Å². The summed E-state index contributed by atoms with van der Waals surface area (Å²) >= 11 is 0. The number of ether oxygens (including phenoxy) is 1. The molecule has 0 heterocycles. The maximum Gasteiger partial charge on any atom is 0.339 e. The maximum atomic E-state index is 12.3. The van der Waals surface area contributed by atoms with Gasteiger partial charge in [0.1, 0.15) is 11.3 Å². The van der Waals surface area contributed by atoms with Crippen LogP contribution < -0.4 is 9.46 Å². The van der Waals surface area contributed by atoms with E-state index in [1.54, 1.807) is 19.1 Å². The van der Waals surface area contributed by atoms with Crippen molar-refractivity contribution in [1.82, 2.24) is 4.72 Å². The molecule has 0 spiro atoms. The van der Waals surface area contributed by atoms with Crippen molar-refractivity contribution in [2.75, 3.05) is 6.61 Å². The Kier molecular flexibility index (Phi) is 5.36. The first-order valence-corrected chi connectivity index (χ1v) is 8.46. The summed E-state index contributed by atoms with van der Waals surface area (Å²) in [6, 6.07) is 12.8. The van der Waals surface area contributed by atoms with Gasteiger partial charge in [-0.05, 0) is 30.7 Å². The molecule has 0 unspecified atom stereocenters. The van der Waals surface area contributed by atoms with Gasteiger partial charge in [-0.25, -0.2) is 17.9 Å². The first-order chi connectivity index (χ1) is 10.9. The Morgan fingerprint density at radius 2 is 1.87 bits per heavy atom. The molecule has 0 radical (unpaired) electrons. The molecular weight excluding hydrogens is 318 g/mol. The lowest BCUT2D eigenvalue weighted by molar-refractivity contribution is 0.0692. The molecule has 2 rings (SSSR count). The number of nitrogens with one attached hydrogen (secondary N) is 1. The molecule has 2 aromatic carbocycles. The van der Waals surface area contributed by atoms with Crippen LogP contribution in [0.4, 0.5) is 0 Å². The van der Waals surface area contributed by atoms with Crippen LogP contribution in [0.5, 0.6) is 5.75 Å². The van der Waals surface area contributed by atoms with Crippen LogP contribution in [-0.4, -0.2) is 26.1 Å². The molecule has 0 bridgehead atoms. The highest BCUT2D eigenvalue weighted by atomic mass is 32.2. The fourth-order valence-corrected chi connectivity index (χ4v) is 3.03. The molecule has 122 valence electrons. The number of sulfonamides is 1. The molecule has 0 aliphatic heterocycles. The molecule has 0 amide bonds. The molecular formula is C16H17NO5S. The quantitative estimate of drug-likeness (QED) is 0.809. The average Bonchev–Trinajstić information content (AvgIpc) is 2.54. The highest BCUT2D eigenvalue weighted by molar-refractivity contribution is 7.89. The van der Waals surface area contributed by atoms with Crippen molar-refractivity contribution < 1.29 is 23.1 Å². The van der Waals surface area contributed by atoms with Crippen molar-refractivity contribution in [1.29, 1.82) is 0 Å². The van der Waals surface area contributed by atoms with Crippen LogP contribution in [0, 0.1) is 0 Å². The van der Waals surface area contributed by atoms with Crippen molar-refractivity contribution in [3.05, 3.63) is 59.7 Å². The maximum absolute atomic E-state index is 12.3. The first kappa shape index (κ1) is 17.0. The second-order valence-corrected chi connectivity index (χ2v) is 6.47. The van der Waals surface area contributed by atoms with Crippen LogP contribution in [-0.2, 0) is 16.6 Å². The standard InChI is InChI=1S/C16H17NO5S/c1-2-22-15-9-8-13(10-14(15)16(18)19)23(20,21)17-11-12-6-4-3-5-7-12/h3-10,17H,2,11H2,1H3,(H,18,19). The van der Waals surface area contributed by atoms with Crippen LogP contribution in [0.1, 0.15) is 22.8 Å². The zero-order chi connectivity index (χ0) is 16.9. The van der Waals surface area contributed by atoms with Gasteiger partial charge in [0, 0.05) is 6.54 Å². The van der Waals surface area contributed by atoms with E-state index in [2.05, 4.69) is 4.72 Å². The number of carboxylic acids is 1. The Bertz CT molecular complexity index is 787. The summed E-state index contributed by atoms with van der Waals surface area (Å²) in [6.07, 6.45) is 0. The minimum absolute atomic E-state index is 0.116. The number of carboxylic acid groups (broad SMARTS) is 1. The van der Waals surface area contributed by atoms with E-state index in [-0.39, 0.29) is 22.8 Å². The Hall–Kier alpha value is -2.38. The second kappa shape index (κ2) is 7.26. The van der Waals surface area contributed by atoms with E-state index in [0.29, 0.717) is 6.61 Å². The zero-order valence-corrected chi connectivity index (χ0v) is 13.3. The Labute approximate surface area is 134 Å². The summed E-state index contributed by atoms with van der Waals surface area (Å²) in [4.78, 5) is 11.1. The van der Waals surface area contributed by atoms with E-state index in [0.717, 1.165) is 11.6 Å². The summed E-state index contributed by atoms with van der Waals surface area (Å²) in [5, 5.41) is 9.20. The molecule has 0 fully saturated rings. The molecule has 7 heteroatoms. The van der Waals surface area contributed by atoms with Crippen molar-refractivity contribution >= 4 is 16.0 Å². The zero-order valence-electron chi connectivity index (χ0n) is 12.5.